The van der Waals surface area contributed by atoms with Gasteiger partial charge in [-0.05, 0) is 36.5 Å². The average molecular weight is 388 g/mol. The van der Waals surface area contributed by atoms with Gasteiger partial charge in [0.2, 0.25) is 0 Å². The molecule has 0 aromatic rings. The van der Waals surface area contributed by atoms with Gasteiger partial charge in [0, 0.05) is 7.11 Å². The summed E-state index contributed by atoms with van der Waals surface area (Å²) in [6, 6.07) is 0. The Balaban J connectivity index is 2.21. The molecule has 4 nitrogen and oxygen atoms in total. The van der Waals surface area contributed by atoms with Crippen molar-refractivity contribution >= 4 is 5.97 Å². The summed E-state index contributed by atoms with van der Waals surface area (Å²) in [7, 11) is 1.69. The van der Waals surface area contributed by atoms with Gasteiger partial charge in [0.25, 0.3) is 5.60 Å². The fraction of sp³-hybridized carbons (Fsp3) is 0.812. The number of hydrogen-bond donors (Lipinski definition) is 0. The van der Waals surface area contributed by atoms with Crippen LogP contribution >= 0.6 is 0 Å². The molecule has 2 saturated carbocycles. The van der Waals surface area contributed by atoms with E-state index in [0.29, 0.717) is 6.42 Å². The first-order valence-electron chi connectivity index (χ1n) is 8.01. The number of carbonyl (C=O) groups is 1. The van der Waals surface area contributed by atoms with E-state index in [1.54, 1.807) is 12.2 Å². The maximum absolute atomic E-state index is 14.0. The minimum Gasteiger partial charge on any atom is -0.468 e. The number of rotatable bonds is 5. The Hall–Kier alpha value is -1.29. The van der Waals surface area contributed by atoms with Crippen molar-refractivity contribution in [3.63, 3.8) is 0 Å². The molecule has 3 rings (SSSR count). The van der Waals surface area contributed by atoms with Crippen molar-refractivity contribution in [3.05, 3.63) is 12.2 Å². The lowest BCUT2D eigenvalue weighted by Gasteiger charge is -2.61. The Bertz CT molecular complexity index is 599. The van der Waals surface area contributed by atoms with Crippen LogP contribution in [0, 0.1) is 29.1 Å². The lowest BCUT2D eigenvalue weighted by atomic mass is 9.44. The van der Waals surface area contributed by atoms with Crippen molar-refractivity contribution in [3.8, 4) is 0 Å². The maximum atomic E-state index is 14.0. The second kappa shape index (κ2) is 5.85. The van der Waals surface area contributed by atoms with Gasteiger partial charge in [-0.3, -0.25) is 4.79 Å². The second-order valence-corrected chi connectivity index (χ2v) is 7.03. The summed E-state index contributed by atoms with van der Waals surface area (Å²) in [5, 5.41) is 0. The summed E-state index contributed by atoms with van der Waals surface area (Å²) in [5.74, 6) is -3.80. The second-order valence-electron chi connectivity index (χ2n) is 7.03. The first-order valence-corrected chi connectivity index (χ1v) is 8.01. The van der Waals surface area contributed by atoms with Gasteiger partial charge < -0.3 is 14.2 Å². The fourth-order valence-corrected chi connectivity index (χ4v) is 5.31. The summed E-state index contributed by atoms with van der Waals surface area (Å²) in [5.41, 5.74) is -7.60. The van der Waals surface area contributed by atoms with E-state index in [2.05, 4.69) is 14.2 Å². The normalized spacial score (nSPS) is 36.0. The molecule has 5 unspecified atom stereocenters. The molecule has 0 radical (unpaired) electrons. The first kappa shape index (κ1) is 19.5. The van der Waals surface area contributed by atoms with Crippen LogP contribution in [0.2, 0.25) is 0 Å². The van der Waals surface area contributed by atoms with Crippen LogP contribution in [0.5, 0.6) is 0 Å². The third-order valence-corrected chi connectivity index (χ3v) is 6.12. The summed E-state index contributed by atoms with van der Waals surface area (Å²) >= 11 is 0. The van der Waals surface area contributed by atoms with Crippen LogP contribution in [0.15, 0.2) is 12.2 Å². The van der Waals surface area contributed by atoms with Crippen molar-refractivity contribution in [1.29, 1.82) is 0 Å². The summed E-state index contributed by atoms with van der Waals surface area (Å²) in [4.78, 5) is 12.5. The van der Waals surface area contributed by atoms with E-state index < -0.39 is 60.3 Å². The lowest BCUT2D eigenvalue weighted by Crippen LogP contribution is -2.78. The van der Waals surface area contributed by atoms with Crippen LogP contribution < -0.4 is 0 Å². The standard InChI is InChI=1S/C16H18F6O4/c1-24-7-26-14(15(17,18)19,16(20,21)22)13(12(23)25-2)6-10-8-3-4-9(5-8)11(10)13/h3-4,8-11H,5-7H2,1-2H3. The highest BCUT2D eigenvalue weighted by molar-refractivity contribution is 5.81. The Morgan fingerprint density at radius 3 is 2.12 bits per heavy atom. The minimum absolute atomic E-state index is 0.121. The molecule has 0 aromatic heterocycles. The Morgan fingerprint density at radius 1 is 1.08 bits per heavy atom. The molecule has 0 amide bonds. The summed E-state index contributed by atoms with van der Waals surface area (Å²) in [6.07, 6.45) is -8.56. The molecule has 3 aliphatic carbocycles. The first-order chi connectivity index (χ1) is 12.0. The molecule has 3 aliphatic rings. The van der Waals surface area contributed by atoms with E-state index in [1.165, 1.54) is 0 Å². The van der Waals surface area contributed by atoms with Crippen molar-refractivity contribution in [2.45, 2.75) is 30.8 Å². The number of esters is 1. The molecule has 2 bridgehead atoms. The van der Waals surface area contributed by atoms with Crippen LogP contribution in [0.4, 0.5) is 26.3 Å². The molecule has 5 atom stereocenters. The molecule has 0 heterocycles. The predicted molar refractivity (Wildman–Crippen MR) is 74.6 cm³/mol. The minimum atomic E-state index is -5.89. The monoisotopic (exact) mass is 388 g/mol. The van der Waals surface area contributed by atoms with Crippen LogP contribution in [0.3, 0.4) is 0 Å². The number of halogens is 6. The molecule has 148 valence electrons. The van der Waals surface area contributed by atoms with Crippen molar-refractivity contribution in [2.75, 3.05) is 21.0 Å². The van der Waals surface area contributed by atoms with Crippen molar-refractivity contribution < 1.29 is 45.3 Å². The predicted octanol–water partition coefficient (Wildman–Crippen LogP) is 3.47. The average Bonchev–Trinajstić information content (AvgIpc) is 3.05. The number of ether oxygens (including phenoxy) is 3. The number of alkyl halides is 6. The molecule has 2 fully saturated rings. The van der Waals surface area contributed by atoms with Gasteiger partial charge in [0.1, 0.15) is 12.2 Å². The number of fused-ring (bicyclic) bond motifs is 5. The summed E-state index contributed by atoms with van der Waals surface area (Å²) < 4.78 is 97.1. The van der Waals surface area contributed by atoms with E-state index in [4.69, 9.17) is 0 Å². The van der Waals surface area contributed by atoms with E-state index in [1.807, 2.05) is 0 Å². The highest BCUT2D eigenvalue weighted by Gasteiger charge is 2.89. The van der Waals surface area contributed by atoms with Crippen LogP contribution in [-0.4, -0.2) is 44.9 Å². The largest absolute Gasteiger partial charge is 0.468 e. The third-order valence-electron chi connectivity index (χ3n) is 6.12. The zero-order valence-electron chi connectivity index (χ0n) is 14.0. The highest BCUT2D eigenvalue weighted by Crippen LogP contribution is 2.75. The molecule has 0 aliphatic heterocycles. The van der Waals surface area contributed by atoms with Crippen LogP contribution in [0.1, 0.15) is 12.8 Å². The number of methoxy groups -OCH3 is 2. The van der Waals surface area contributed by atoms with Gasteiger partial charge in [-0.25, -0.2) is 0 Å². The molecular weight excluding hydrogens is 370 g/mol. The Labute approximate surface area is 145 Å². The number of hydrogen-bond acceptors (Lipinski definition) is 4. The van der Waals surface area contributed by atoms with Gasteiger partial charge in [0.15, 0.2) is 0 Å². The summed E-state index contributed by atoms with van der Waals surface area (Å²) in [6.45, 7) is -1.26. The molecule has 0 aromatic carbocycles. The van der Waals surface area contributed by atoms with Gasteiger partial charge >= 0.3 is 18.3 Å². The molecule has 0 N–H and O–H groups in total. The SMILES string of the molecule is COCOC(C(F)(F)F)(C(F)(F)F)C1(C(=O)OC)CC2C3C=CC(C3)C21. The van der Waals surface area contributed by atoms with E-state index in [9.17, 15) is 31.1 Å². The Kier molecular flexibility index (Phi) is 4.38. The lowest BCUT2D eigenvalue weighted by molar-refractivity contribution is -0.441. The van der Waals surface area contributed by atoms with Crippen molar-refractivity contribution in [2.24, 2.45) is 29.1 Å². The van der Waals surface area contributed by atoms with E-state index in [0.717, 1.165) is 14.2 Å². The van der Waals surface area contributed by atoms with Gasteiger partial charge in [-0.1, -0.05) is 12.2 Å². The van der Waals surface area contributed by atoms with Gasteiger partial charge in [-0.2, -0.15) is 26.3 Å². The fourth-order valence-electron chi connectivity index (χ4n) is 5.31. The Morgan fingerprint density at radius 2 is 1.65 bits per heavy atom. The molecule has 0 saturated heterocycles. The van der Waals surface area contributed by atoms with Gasteiger partial charge in [0.05, 0.1) is 7.11 Å². The number of allylic oxidation sites excluding steroid dienone is 2. The van der Waals surface area contributed by atoms with Crippen LogP contribution in [-0.2, 0) is 19.0 Å². The smallest absolute Gasteiger partial charge is 0.427 e. The number of carbonyl (C=O) groups excluding carboxylic acids is 1. The zero-order valence-corrected chi connectivity index (χ0v) is 14.0. The molecule has 26 heavy (non-hydrogen) atoms. The molecule has 0 spiro atoms. The third kappa shape index (κ3) is 2.14. The maximum Gasteiger partial charge on any atom is 0.427 e. The topological polar surface area (TPSA) is 44.8 Å². The molecular formula is C16H18F6O4. The van der Waals surface area contributed by atoms with E-state index in [-0.39, 0.29) is 5.92 Å². The van der Waals surface area contributed by atoms with E-state index >= 15 is 0 Å². The quantitative estimate of drug-likeness (QED) is 0.313. The van der Waals surface area contributed by atoms with Crippen molar-refractivity contribution in [1.82, 2.24) is 0 Å². The van der Waals surface area contributed by atoms with Crippen LogP contribution in [0.25, 0.3) is 0 Å². The highest BCUT2D eigenvalue weighted by atomic mass is 19.4. The zero-order chi connectivity index (χ0) is 19.5. The molecule has 10 heteroatoms. The van der Waals surface area contributed by atoms with Gasteiger partial charge in [-0.15, -0.1) is 0 Å².